The van der Waals surface area contributed by atoms with E-state index in [9.17, 15) is 19.8 Å². The number of aliphatic hydroxyl groups is 2. The van der Waals surface area contributed by atoms with Crippen molar-refractivity contribution in [2.75, 3.05) is 0 Å². The third-order valence-corrected chi connectivity index (χ3v) is 9.97. The van der Waals surface area contributed by atoms with Crippen LogP contribution in [0.1, 0.15) is 82.1 Å². The van der Waals surface area contributed by atoms with Crippen LogP contribution in [0.3, 0.4) is 0 Å². The van der Waals surface area contributed by atoms with Gasteiger partial charge in [-0.15, -0.1) is 0 Å². The van der Waals surface area contributed by atoms with Gasteiger partial charge < -0.3 is 20.8 Å². The number of carbonyl (C=O) groups is 2. The molecule has 0 aromatic heterocycles. The zero-order chi connectivity index (χ0) is 34.4. The van der Waals surface area contributed by atoms with Gasteiger partial charge in [-0.2, -0.15) is 0 Å². The first-order valence-corrected chi connectivity index (χ1v) is 17.3. The van der Waals surface area contributed by atoms with Crippen LogP contribution in [0.25, 0.3) is 0 Å². The number of hydrogen-bond donors (Lipinski definition) is 4. The van der Waals surface area contributed by atoms with E-state index in [1.54, 1.807) is 0 Å². The van der Waals surface area contributed by atoms with Crippen LogP contribution in [-0.4, -0.2) is 34.1 Å². The first-order chi connectivity index (χ1) is 23.0. The molecule has 0 saturated heterocycles. The highest BCUT2D eigenvalue weighted by Gasteiger charge is 2.54. The van der Waals surface area contributed by atoms with Crippen molar-refractivity contribution in [2.45, 2.75) is 83.1 Å². The summed E-state index contributed by atoms with van der Waals surface area (Å²) in [6, 6.07) is 36.3. The van der Waals surface area contributed by atoms with E-state index < -0.39 is 40.5 Å². The van der Waals surface area contributed by atoms with Gasteiger partial charge >= 0.3 is 0 Å². The predicted molar refractivity (Wildman–Crippen MR) is 191 cm³/mol. The number of benzene rings is 4. The van der Waals surface area contributed by atoms with Crippen molar-refractivity contribution in [2.24, 2.45) is 17.3 Å². The van der Waals surface area contributed by atoms with Crippen molar-refractivity contribution in [3.05, 3.63) is 144 Å². The van der Waals surface area contributed by atoms with Gasteiger partial charge in [0.1, 0.15) is 16.6 Å². The maximum atomic E-state index is 14.5. The van der Waals surface area contributed by atoms with Crippen LogP contribution >= 0.6 is 0 Å². The standard InChI is InChI=1S/C42H50N2O4/c1-30(2)28-36(41(47,32-18-9-5-10-19-32)33-20-11-6-12-21-33)43-38(45)40(26-17-27-40)39(46)44-37(29-31(3)4)42(48,34-22-13-7-14-23-34)35-24-15-8-16-25-35/h5-16,18-25,30-31,36-37,47-48H,17,26-29H2,1-4H3,(H,43,45)(H,44,46)/t36-,37-/m1/s1. The molecule has 0 heterocycles. The van der Waals surface area contributed by atoms with Gasteiger partial charge in [-0.05, 0) is 59.8 Å². The van der Waals surface area contributed by atoms with Gasteiger partial charge in [0, 0.05) is 0 Å². The Labute approximate surface area is 285 Å². The fourth-order valence-electron chi connectivity index (χ4n) is 7.20. The van der Waals surface area contributed by atoms with Crippen molar-refractivity contribution in [3.63, 3.8) is 0 Å². The lowest BCUT2D eigenvalue weighted by molar-refractivity contribution is -0.153. The smallest absolute Gasteiger partial charge is 0.236 e. The van der Waals surface area contributed by atoms with Crippen molar-refractivity contribution < 1.29 is 19.8 Å². The van der Waals surface area contributed by atoms with Crippen LogP contribution in [0.4, 0.5) is 0 Å². The normalized spacial score (nSPS) is 15.8. The molecule has 2 amide bonds. The lowest BCUT2D eigenvalue weighted by Crippen LogP contribution is -2.63. The van der Waals surface area contributed by atoms with Crippen molar-refractivity contribution >= 4 is 11.8 Å². The molecule has 0 aliphatic heterocycles. The lowest BCUT2D eigenvalue weighted by Gasteiger charge is -2.45. The molecular weight excluding hydrogens is 596 g/mol. The molecule has 48 heavy (non-hydrogen) atoms. The van der Waals surface area contributed by atoms with Crippen LogP contribution in [0, 0.1) is 17.3 Å². The van der Waals surface area contributed by atoms with Gasteiger partial charge in [0.25, 0.3) is 0 Å². The summed E-state index contributed by atoms with van der Waals surface area (Å²) in [5, 5.41) is 31.8. The Kier molecular flexibility index (Phi) is 10.9. The van der Waals surface area contributed by atoms with Crippen LogP contribution < -0.4 is 10.6 Å². The van der Waals surface area contributed by atoms with Gasteiger partial charge in [-0.25, -0.2) is 0 Å². The summed E-state index contributed by atoms with van der Waals surface area (Å²) < 4.78 is 0. The SMILES string of the molecule is CC(C)C[C@@H](NC(=O)C1(C(=O)N[C@H](CC(C)C)C(O)(c2ccccc2)c2ccccc2)CCC1)C(O)(c1ccccc1)c1ccccc1. The van der Waals surface area contributed by atoms with Gasteiger partial charge in [0.05, 0.1) is 12.1 Å². The molecule has 4 N–H and O–H groups in total. The fraction of sp³-hybridized carbons (Fsp3) is 0.381. The van der Waals surface area contributed by atoms with E-state index in [0.29, 0.717) is 47.9 Å². The summed E-state index contributed by atoms with van der Waals surface area (Å²) >= 11 is 0. The topological polar surface area (TPSA) is 98.7 Å². The Morgan fingerprint density at radius 1 is 0.562 bits per heavy atom. The lowest BCUT2D eigenvalue weighted by atomic mass is 9.66. The first kappa shape index (κ1) is 35.1. The van der Waals surface area contributed by atoms with E-state index in [0.717, 1.165) is 6.42 Å². The van der Waals surface area contributed by atoms with E-state index in [1.165, 1.54) is 0 Å². The molecule has 0 spiro atoms. The minimum absolute atomic E-state index is 0.141. The molecule has 6 nitrogen and oxygen atoms in total. The van der Waals surface area contributed by atoms with Gasteiger partial charge in [0.15, 0.2) is 0 Å². The molecule has 6 heteroatoms. The average molecular weight is 647 g/mol. The highest BCUT2D eigenvalue weighted by molar-refractivity contribution is 6.06. The summed E-state index contributed by atoms with van der Waals surface area (Å²) in [5.41, 5.74) is -1.73. The third-order valence-electron chi connectivity index (χ3n) is 9.97. The van der Waals surface area contributed by atoms with Crippen molar-refractivity contribution in [1.29, 1.82) is 0 Å². The molecular formula is C42H50N2O4. The first-order valence-electron chi connectivity index (χ1n) is 17.3. The van der Waals surface area contributed by atoms with E-state index >= 15 is 0 Å². The molecule has 2 atom stereocenters. The summed E-state index contributed by atoms with van der Waals surface area (Å²) in [4.78, 5) is 29.1. The summed E-state index contributed by atoms with van der Waals surface area (Å²) in [6.45, 7) is 8.25. The summed E-state index contributed by atoms with van der Waals surface area (Å²) in [7, 11) is 0. The van der Waals surface area contributed by atoms with Crippen molar-refractivity contribution in [1.82, 2.24) is 10.6 Å². The van der Waals surface area contributed by atoms with Gasteiger partial charge in [-0.1, -0.05) is 155 Å². The largest absolute Gasteiger partial charge is 0.378 e. The van der Waals surface area contributed by atoms with Gasteiger partial charge in [0.2, 0.25) is 11.8 Å². The Balaban J connectivity index is 1.51. The number of carbonyl (C=O) groups excluding carboxylic acids is 2. The molecule has 1 fully saturated rings. The Morgan fingerprint density at radius 3 is 1.04 bits per heavy atom. The highest BCUT2D eigenvalue weighted by atomic mass is 16.3. The third kappa shape index (κ3) is 6.96. The average Bonchev–Trinajstić information content (AvgIpc) is 3.07. The maximum absolute atomic E-state index is 14.5. The summed E-state index contributed by atoms with van der Waals surface area (Å²) in [6.07, 6.45) is 2.48. The second-order valence-corrected chi connectivity index (χ2v) is 14.2. The molecule has 1 aliphatic carbocycles. The van der Waals surface area contributed by atoms with E-state index in [1.807, 2.05) is 121 Å². The maximum Gasteiger partial charge on any atom is 0.236 e. The second-order valence-electron chi connectivity index (χ2n) is 14.2. The van der Waals surface area contributed by atoms with Gasteiger partial charge in [-0.3, -0.25) is 9.59 Å². The number of rotatable bonds is 14. The molecule has 1 saturated carbocycles. The quantitative estimate of drug-likeness (QED) is 0.110. The van der Waals surface area contributed by atoms with Crippen LogP contribution in [0.2, 0.25) is 0 Å². The molecule has 4 aromatic rings. The monoisotopic (exact) mass is 646 g/mol. The molecule has 252 valence electrons. The van der Waals surface area contributed by atoms with Crippen LogP contribution in [0.5, 0.6) is 0 Å². The van der Waals surface area contributed by atoms with Crippen molar-refractivity contribution in [3.8, 4) is 0 Å². The Hall–Kier alpha value is -4.26. The zero-order valence-corrected chi connectivity index (χ0v) is 28.6. The fourth-order valence-corrected chi connectivity index (χ4v) is 7.20. The number of nitrogens with one attached hydrogen (secondary N) is 2. The second kappa shape index (κ2) is 14.9. The zero-order valence-electron chi connectivity index (χ0n) is 28.6. The van der Waals surface area contributed by atoms with E-state index in [2.05, 4.69) is 38.3 Å². The molecule has 1 aliphatic rings. The predicted octanol–water partition coefficient (Wildman–Crippen LogP) is 7.09. The number of amides is 2. The summed E-state index contributed by atoms with van der Waals surface area (Å²) in [5.74, 6) is -0.507. The minimum Gasteiger partial charge on any atom is -0.378 e. The van der Waals surface area contributed by atoms with E-state index in [-0.39, 0.29) is 11.8 Å². The molecule has 0 radical (unpaired) electrons. The van der Waals surface area contributed by atoms with E-state index in [4.69, 9.17) is 0 Å². The molecule has 5 rings (SSSR count). The molecule has 4 aromatic carbocycles. The van der Waals surface area contributed by atoms with Crippen LogP contribution in [0.15, 0.2) is 121 Å². The molecule has 0 bridgehead atoms. The molecule has 0 unspecified atom stereocenters. The minimum atomic E-state index is -1.54. The number of hydrogen-bond acceptors (Lipinski definition) is 4. The Bertz CT molecular complexity index is 1420. The van der Waals surface area contributed by atoms with Crippen LogP contribution in [-0.2, 0) is 20.8 Å². The Morgan fingerprint density at radius 2 is 0.833 bits per heavy atom. The highest BCUT2D eigenvalue weighted by Crippen LogP contribution is 2.44.